The molecule has 0 aliphatic carbocycles. The van der Waals surface area contributed by atoms with Gasteiger partial charge in [0, 0.05) is 6.92 Å². The van der Waals surface area contributed by atoms with Crippen LogP contribution in [0.25, 0.3) is 0 Å². The minimum atomic E-state index is -2.53. The summed E-state index contributed by atoms with van der Waals surface area (Å²) in [5.74, 6) is -3.24. The maximum atomic E-state index is 10.8. The molecule has 8 heteroatoms. The van der Waals surface area contributed by atoms with Crippen LogP contribution in [0.4, 0.5) is 0 Å². The molecule has 0 aromatic rings. The number of carbonyl (C=O) groups is 1. The summed E-state index contributed by atoms with van der Waals surface area (Å²) in [7, 11) is 0. The minimum absolute atomic E-state index is 0.688. The zero-order chi connectivity index (χ0) is 12.5. The van der Waals surface area contributed by atoms with E-state index in [2.05, 4.69) is 0 Å². The van der Waals surface area contributed by atoms with Gasteiger partial charge in [-0.15, -0.1) is 0 Å². The summed E-state index contributed by atoms with van der Waals surface area (Å²) in [6.45, 7) is 0.381. The highest BCUT2D eigenvalue weighted by Crippen LogP contribution is 2.26. The van der Waals surface area contributed by atoms with Crippen molar-refractivity contribution >= 4 is 5.91 Å². The van der Waals surface area contributed by atoms with Crippen molar-refractivity contribution in [2.75, 3.05) is 6.61 Å². The second-order valence-electron chi connectivity index (χ2n) is 3.64. The first-order valence-corrected chi connectivity index (χ1v) is 4.66. The smallest absolute Gasteiger partial charge is 0.279 e. The van der Waals surface area contributed by atoms with Gasteiger partial charge in [-0.1, -0.05) is 0 Å². The van der Waals surface area contributed by atoms with E-state index in [1.807, 2.05) is 5.32 Å². The number of hydrogen-bond donors (Lipinski definition) is 6. The predicted octanol–water partition coefficient (Wildman–Crippen LogP) is -3.76. The summed E-state index contributed by atoms with van der Waals surface area (Å²) in [6, 6.07) is 0. The van der Waals surface area contributed by atoms with E-state index in [-0.39, 0.29) is 0 Å². The van der Waals surface area contributed by atoms with Crippen molar-refractivity contribution in [3.63, 3.8) is 0 Å². The maximum absolute atomic E-state index is 10.8. The monoisotopic (exact) mass is 237 g/mol. The van der Waals surface area contributed by atoms with E-state index in [0.717, 1.165) is 6.92 Å². The molecule has 0 radical (unpaired) electrons. The Balaban J connectivity index is 2.89. The molecular weight excluding hydrogens is 222 g/mol. The normalized spacial score (nSPS) is 44.1. The summed E-state index contributed by atoms with van der Waals surface area (Å²) in [5, 5.41) is 48.6. The second kappa shape index (κ2) is 4.62. The summed E-state index contributed by atoms with van der Waals surface area (Å²) < 4.78 is 4.74. The van der Waals surface area contributed by atoms with Crippen LogP contribution in [0.1, 0.15) is 6.92 Å². The molecule has 94 valence electrons. The average Bonchev–Trinajstić information content (AvgIpc) is 2.20. The highest BCUT2D eigenvalue weighted by molar-refractivity contribution is 5.73. The van der Waals surface area contributed by atoms with E-state index >= 15 is 0 Å². The Morgan fingerprint density at radius 2 is 1.94 bits per heavy atom. The SMILES string of the molecule is CC(=O)NC1(O)O[C@H](CO)[C@H](O)[C@@H](O)[C@H]1O. The number of aliphatic hydroxyl groups excluding tert-OH is 4. The summed E-state index contributed by atoms with van der Waals surface area (Å²) in [4.78, 5) is 10.8. The van der Waals surface area contributed by atoms with Crippen LogP contribution in [0.2, 0.25) is 0 Å². The van der Waals surface area contributed by atoms with E-state index in [0.29, 0.717) is 0 Å². The van der Waals surface area contributed by atoms with Gasteiger partial charge in [0.25, 0.3) is 5.91 Å². The zero-order valence-corrected chi connectivity index (χ0v) is 8.57. The molecule has 0 saturated carbocycles. The molecular formula is C8H15NO7. The highest BCUT2D eigenvalue weighted by Gasteiger charge is 2.53. The van der Waals surface area contributed by atoms with E-state index in [1.165, 1.54) is 0 Å². The van der Waals surface area contributed by atoms with Gasteiger partial charge in [0.15, 0.2) is 6.10 Å². The van der Waals surface area contributed by atoms with Crippen molar-refractivity contribution in [1.82, 2.24) is 5.32 Å². The van der Waals surface area contributed by atoms with Crippen molar-refractivity contribution in [3.8, 4) is 0 Å². The van der Waals surface area contributed by atoms with Crippen LogP contribution >= 0.6 is 0 Å². The molecule has 1 fully saturated rings. The van der Waals surface area contributed by atoms with Gasteiger partial charge in [-0.25, -0.2) is 0 Å². The molecule has 0 aromatic heterocycles. The zero-order valence-electron chi connectivity index (χ0n) is 8.57. The van der Waals surface area contributed by atoms with Gasteiger partial charge < -0.3 is 35.6 Å². The average molecular weight is 237 g/mol. The fourth-order valence-corrected chi connectivity index (χ4v) is 1.51. The Bertz CT molecular complexity index is 271. The van der Waals surface area contributed by atoms with Gasteiger partial charge in [-0.05, 0) is 0 Å². The van der Waals surface area contributed by atoms with Crippen LogP contribution in [0.3, 0.4) is 0 Å². The van der Waals surface area contributed by atoms with Gasteiger partial charge in [-0.3, -0.25) is 4.79 Å². The first-order chi connectivity index (χ1) is 7.31. The fraction of sp³-hybridized carbons (Fsp3) is 0.875. The molecule has 1 rings (SSSR count). The van der Waals surface area contributed by atoms with Crippen LogP contribution < -0.4 is 5.32 Å². The number of aliphatic hydroxyl groups is 5. The van der Waals surface area contributed by atoms with E-state index in [1.54, 1.807) is 0 Å². The lowest BCUT2D eigenvalue weighted by Gasteiger charge is -2.44. The van der Waals surface area contributed by atoms with Crippen molar-refractivity contribution in [3.05, 3.63) is 0 Å². The molecule has 16 heavy (non-hydrogen) atoms. The van der Waals surface area contributed by atoms with Gasteiger partial charge >= 0.3 is 0 Å². The molecule has 1 amide bonds. The molecule has 0 spiro atoms. The van der Waals surface area contributed by atoms with Crippen molar-refractivity contribution in [2.24, 2.45) is 0 Å². The maximum Gasteiger partial charge on any atom is 0.279 e. The van der Waals surface area contributed by atoms with Crippen LogP contribution in [-0.2, 0) is 9.53 Å². The minimum Gasteiger partial charge on any atom is -0.394 e. The fourth-order valence-electron chi connectivity index (χ4n) is 1.51. The Morgan fingerprint density at radius 3 is 2.38 bits per heavy atom. The van der Waals surface area contributed by atoms with Gasteiger partial charge in [0.2, 0.25) is 5.91 Å². The third-order valence-corrected chi connectivity index (χ3v) is 2.32. The van der Waals surface area contributed by atoms with Crippen LogP contribution in [-0.4, -0.2) is 68.4 Å². The molecule has 1 heterocycles. The third kappa shape index (κ3) is 2.32. The Kier molecular flexibility index (Phi) is 3.84. The van der Waals surface area contributed by atoms with E-state index in [4.69, 9.17) is 9.84 Å². The standard InChI is InChI=1S/C8H15NO7/c1-3(11)9-8(15)7(14)6(13)5(12)4(2-10)16-8/h4-7,10,12-15H,2H2,1H3,(H,9,11)/t4-,5+,6-,7-,8?/m1/s1. The van der Waals surface area contributed by atoms with Crippen LogP contribution in [0, 0.1) is 0 Å². The van der Waals surface area contributed by atoms with Crippen molar-refractivity contribution < 1.29 is 35.1 Å². The first-order valence-electron chi connectivity index (χ1n) is 4.66. The summed E-state index contributed by atoms with van der Waals surface area (Å²) >= 11 is 0. The molecule has 5 atom stereocenters. The number of amides is 1. The van der Waals surface area contributed by atoms with Gasteiger partial charge in [0.05, 0.1) is 6.61 Å². The quantitative estimate of drug-likeness (QED) is 0.271. The largest absolute Gasteiger partial charge is 0.394 e. The summed E-state index contributed by atoms with van der Waals surface area (Å²) in [5.41, 5.74) is 0. The molecule has 8 nitrogen and oxygen atoms in total. The molecule has 1 aliphatic heterocycles. The number of carbonyl (C=O) groups excluding carboxylic acids is 1. The third-order valence-electron chi connectivity index (χ3n) is 2.32. The molecule has 6 N–H and O–H groups in total. The lowest BCUT2D eigenvalue weighted by molar-refractivity contribution is -0.358. The van der Waals surface area contributed by atoms with Crippen molar-refractivity contribution in [2.45, 2.75) is 37.3 Å². The number of hydrogen-bond acceptors (Lipinski definition) is 7. The predicted molar refractivity (Wildman–Crippen MR) is 48.7 cm³/mol. The van der Waals surface area contributed by atoms with Gasteiger partial charge in [-0.2, -0.15) is 0 Å². The van der Waals surface area contributed by atoms with E-state index in [9.17, 15) is 25.2 Å². The lowest BCUT2D eigenvalue weighted by Crippen LogP contribution is -2.71. The number of ether oxygens (including phenoxy) is 1. The highest BCUT2D eigenvalue weighted by atomic mass is 16.7. The molecule has 0 aromatic carbocycles. The summed E-state index contributed by atoms with van der Waals surface area (Å²) in [6.07, 6.45) is -6.54. The van der Waals surface area contributed by atoms with Crippen molar-refractivity contribution in [1.29, 1.82) is 0 Å². The molecule has 0 bridgehead atoms. The number of rotatable bonds is 2. The lowest BCUT2D eigenvalue weighted by atomic mass is 9.96. The Hall–Kier alpha value is -0.770. The Labute approximate surface area is 91.1 Å². The molecule has 1 aliphatic rings. The second-order valence-corrected chi connectivity index (χ2v) is 3.64. The molecule has 1 unspecified atom stereocenters. The van der Waals surface area contributed by atoms with Gasteiger partial charge in [0.1, 0.15) is 18.3 Å². The van der Waals surface area contributed by atoms with Crippen LogP contribution in [0.15, 0.2) is 0 Å². The van der Waals surface area contributed by atoms with E-state index < -0.39 is 42.8 Å². The molecule has 1 saturated heterocycles. The number of nitrogens with one attached hydrogen (secondary N) is 1. The first kappa shape index (κ1) is 13.3. The van der Waals surface area contributed by atoms with Crippen LogP contribution in [0.5, 0.6) is 0 Å². The topological polar surface area (TPSA) is 139 Å². The Morgan fingerprint density at radius 1 is 1.38 bits per heavy atom.